The Kier molecular flexibility index (Phi) is 5.09. The van der Waals surface area contributed by atoms with Crippen molar-refractivity contribution in [2.24, 2.45) is 5.41 Å². The SMILES string of the molecule is C[C@H](O)CC(C)(C)CNC(=O)Nc1cccnc1. The molecule has 0 aliphatic rings. The van der Waals surface area contributed by atoms with Crippen LogP contribution in [0.1, 0.15) is 27.2 Å². The number of rotatable bonds is 5. The summed E-state index contributed by atoms with van der Waals surface area (Å²) >= 11 is 0. The summed E-state index contributed by atoms with van der Waals surface area (Å²) in [6, 6.07) is 3.27. The van der Waals surface area contributed by atoms with Gasteiger partial charge in [0, 0.05) is 12.7 Å². The van der Waals surface area contributed by atoms with Gasteiger partial charge in [0.1, 0.15) is 0 Å². The van der Waals surface area contributed by atoms with Crippen LogP contribution >= 0.6 is 0 Å². The van der Waals surface area contributed by atoms with Crippen LogP contribution in [-0.4, -0.2) is 28.8 Å². The topological polar surface area (TPSA) is 74.2 Å². The Morgan fingerprint density at radius 3 is 2.83 bits per heavy atom. The minimum Gasteiger partial charge on any atom is -0.393 e. The lowest BCUT2D eigenvalue weighted by atomic mass is 9.87. The second kappa shape index (κ2) is 6.35. The Morgan fingerprint density at radius 2 is 2.28 bits per heavy atom. The molecule has 1 atom stereocenters. The third-order valence-corrected chi connectivity index (χ3v) is 2.49. The predicted molar refractivity (Wildman–Crippen MR) is 71.3 cm³/mol. The molecule has 3 N–H and O–H groups in total. The van der Waals surface area contributed by atoms with Crippen molar-refractivity contribution in [1.82, 2.24) is 10.3 Å². The summed E-state index contributed by atoms with van der Waals surface area (Å²) in [4.78, 5) is 15.5. The third-order valence-electron chi connectivity index (χ3n) is 2.49. The van der Waals surface area contributed by atoms with Crippen molar-refractivity contribution in [3.8, 4) is 0 Å². The molecule has 18 heavy (non-hydrogen) atoms. The third kappa shape index (κ3) is 5.63. The van der Waals surface area contributed by atoms with Crippen LogP contribution in [0, 0.1) is 5.41 Å². The van der Waals surface area contributed by atoms with Crippen molar-refractivity contribution in [2.75, 3.05) is 11.9 Å². The molecule has 5 heteroatoms. The molecule has 0 spiro atoms. The molecule has 0 radical (unpaired) electrons. The molecule has 1 heterocycles. The van der Waals surface area contributed by atoms with Crippen LogP contribution in [0.3, 0.4) is 0 Å². The first-order chi connectivity index (χ1) is 8.39. The molecule has 1 rings (SSSR count). The summed E-state index contributed by atoms with van der Waals surface area (Å²) in [5.41, 5.74) is 0.517. The fourth-order valence-electron chi connectivity index (χ4n) is 1.80. The zero-order valence-electron chi connectivity index (χ0n) is 11.1. The first-order valence-electron chi connectivity index (χ1n) is 6.02. The van der Waals surface area contributed by atoms with Gasteiger partial charge in [-0.25, -0.2) is 4.79 Å². The van der Waals surface area contributed by atoms with E-state index in [0.717, 1.165) is 0 Å². The van der Waals surface area contributed by atoms with E-state index in [0.29, 0.717) is 18.7 Å². The minimum absolute atomic E-state index is 0.138. The highest BCUT2D eigenvalue weighted by molar-refractivity contribution is 5.88. The van der Waals surface area contributed by atoms with Gasteiger partial charge in [0.2, 0.25) is 0 Å². The Balaban J connectivity index is 2.37. The Bertz CT molecular complexity index is 377. The molecule has 100 valence electrons. The maximum absolute atomic E-state index is 11.6. The number of pyridine rings is 1. The number of amides is 2. The first kappa shape index (κ1) is 14.4. The molecule has 0 fully saturated rings. The summed E-state index contributed by atoms with van der Waals surface area (Å²) in [6.45, 7) is 6.26. The van der Waals surface area contributed by atoms with Gasteiger partial charge in [-0.1, -0.05) is 13.8 Å². The van der Waals surface area contributed by atoms with Crippen molar-refractivity contribution in [2.45, 2.75) is 33.3 Å². The fourth-order valence-corrected chi connectivity index (χ4v) is 1.80. The predicted octanol–water partition coefficient (Wildman–Crippen LogP) is 2.00. The molecule has 5 nitrogen and oxygen atoms in total. The molecule has 1 aromatic heterocycles. The molecule has 0 aliphatic carbocycles. The number of hydrogen-bond acceptors (Lipinski definition) is 3. The minimum atomic E-state index is -0.372. The molecule has 0 aliphatic heterocycles. The molecular formula is C13H21N3O2. The lowest BCUT2D eigenvalue weighted by Crippen LogP contribution is -2.38. The molecule has 1 aromatic rings. The average Bonchev–Trinajstić information content (AvgIpc) is 2.26. The number of carbonyl (C=O) groups excluding carboxylic acids is 1. The van der Waals surface area contributed by atoms with Gasteiger partial charge in [-0.15, -0.1) is 0 Å². The van der Waals surface area contributed by atoms with Crippen molar-refractivity contribution in [3.63, 3.8) is 0 Å². The standard InChI is InChI=1S/C13H21N3O2/c1-10(17)7-13(2,3)9-15-12(18)16-11-5-4-6-14-8-11/h4-6,8,10,17H,7,9H2,1-3H3,(H2,15,16,18)/t10-/m0/s1. The maximum Gasteiger partial charge on any atom is 0.319 e. The molecule has 2 amide bonds. The van der Waals surface area contributed by atoms with E-state index >= 15 is 0 Å². The van der Waals surface area contributed by atoms with E-state index in [9.17, 15) is 9.90 Å². The molecular weight excluding hydrogens is 230 g/mol. The van der Waals surface area contributed by atoms with Gasteiger partial charge in [-0.2, -0.15) is 0 Å². The van der Waals surface area contributed by atoms with E-state index in [1.807, 2.05) is 13.8 Å². The molecule has 0 unspecified atom stereocenters. The number of anilines is 1. The van der Waals surface area contributed by atoms with Crippen LogP contribution in [0.5, 0.6) is 0 Å². The second-order valence-corrected chi connectivity index (χ2v) is 5.27. The van der Waals surface area contributed by atoms with Crippen LogP contribution < -0.4 is 10.6 Å². The van der Waals surface area contributed by atoms with Gasteiger partial charge in [-0.05, 0) is 30.9 Å². The van der Waals surface area contributed by atoms with Crippen LogP contribution in [-0.2, 0) is 0 Å². The number of aliphatic hydroxyl groups is 1. The van der Waals surface area contributed by atoms with Crippen LogP contribution in [0.15, 0.2) is 24.5 Å². The zero-order valence-corrected chi connectivity index (χ0v) is 11.1. The van der Waals surface area contributed by atoms with E-state index < -0.39 is 0 Å². The van der Waals surface area contributed by atoms with Crippen LogP contribution in [0.25, 0.3) is 0 Å². The Hall–Kier alpha value is -1.62. The maximum atomic E-state index is 11.6. The first-order valence-corrected chi connectivity index (χ1v) is 6.02. The summed E-state index contributed by atoms with van der Waals surface area (Å²) in [7, 11) is 0. The fraction of sp³-hybridized carbons (Fsp3) is 0.538. The lowest BCUT2D eigenvalue weighted by Gasteiger charge is -2.26. The van der Waals surface area contributed by atoms with Gasteiger partial charge >= 0.3 is 6.03 Å². The summed E-state index contributed by atoms with van der Waals surface area (Å²) < 4.78 is 0. The average molecular weight is 251 g/mol. The smallest absolute Gasteiger partial charge is 0.319 e. The quantitative estimate of drug-likeness (QED) is 0.749. The van der Waals surface area contributed by atoms with Gasteiger partial charge < -0.3 is 15.7 Å². The second-order valence-electron chi connectivity index (χ2n) is 5.27. The van der Waals surface area contributed by atoms with Crippen molar-refractivity contribution in [3.05, 3.63) is 24.5 Å². The number of carbonyl (C=O) groups is 1. The zero-order chi connectivity index (χ0) is 13.6. The van der Waals surface area contributed by atoms with Gasteiger partial charge in [0.05, 0.1) is 18.0 Å². The van der Waals surface area contributed by atoms with E-state index in [1.165, 1.54) is 0 Å². The number of urea groups is 1. The monoisotopic (exact) mass is 251 g/mol. The van der Waals surface area contributed by atoms with Crippen LogP contribution in [0.4, 0.5) is 10.5 Å². The van der Waals surface area contributed by atoms with Crippen molar-refractivity contribution >= 4 is 11.7 Å². The number of aromatic nitrogens is 1. The summed E-state index contributed by atoms with van der Waals surface area (Å²) in [6.07, 6.45) is 3.50. The largest absolute Gasteiger partial charge is 0.393 e. The normalized spacial score (nSPS) is 12.9. The number of hydrogen-bond donors (Lipinski definition) is 3. The highest BCUT2D eigenvalue weighted by Gasteiger charge is 2.20. The molecule has 0 aromatic carbocycles. The lowest BCUT2D eigenvalue weighted by molar-refractivity contribution is 0.129. The van der Waals surface area contributed by atoms with E-state index in [2.05, 4.69) is 15.6 Å². The van der Waals surface area contributed by atoms with E-state index in [1.54, 1.807) is 31.5 Å². The van der Waals surface area contributed by atoms with Gasteiger partial charge in [0.25, 0.3) is 0 Å². The van der Waals surface area contributed by atoms with Gasteiger partial charge in [-0.3, -0.25) is 4.98 Å². The van der Waals surface area contributed by atoms with E-state index in [-0.39, 0.29) is 17.6 Å². The number of aliphatic hydroxyl groups excluding tert-OH is 1. The van der Waals surface area contributed by atoms with Gasteiger partial charge in [0.15, 0.2) is 0 Å². The molecule has 0 saturated heterocycles. The Labute approximate surface area is 108 Å². The summed E-state index contributed by atoms with van der Waals surface area (Å²) in [5, 5.41) is 14.8. The molecule has 0 bridgehead atoms. The number of nitrogens with one attached hydrogen (secondary N) is 2. The van der Waals surface area contributed by atoms with E-state index in [4.69, 9.17) is 0 Å². The molecule has 0 saturated carbocycles. The highest BCUT2D eigenvalue weighted by Crippen LogP contribution is 2.21. The Morgan fingerprint density at radius 1 is 1.56 bits per heavy atom. The van der Waals surface area contributed by atoms with Crippen LogP contribution in [0.2, 0.25) is 0 Å². The van der Waals surface area contributed by atoms with Crippen molar-refractivity contribution in [1.29, 1.82) is 0 Å². The van der Waals surface area contributed by atoms with Crippen molar-refractivity contribution < 1.29 is 9.90 Å². The summed E-state index contributed by atoms with van der Waals surface area (Å²) in [5.74, 6) is 0. The highest BCUT2D eigenvalue weighted by atomic mass is 16.3. The number of nitrogens with zero attached hydrogens (tertiary/aromatic N) is 1.